The molecule has 1 saturated heterocycles. The van der Waals surface area contributed by atoms with Gasteiger partial charge >= 0.3 is 0 Å². The molecule has 4 N–H and O–H groups in total. The van der Waals surface area contributed by atoms with E-state index < -0.39 is 0 Å². The summed E-state index contributed by atoms with van der Waals surface area (Å²) in [5, 5.41) is 14.9. The zero-order chi connectivity index (χ0) is 15.4. The summed E-state index contributed by atoms with van der Waals surface area (Å²) in [7, 11) is 0. The highest BCUT2D eigenvalue weighted by atomic mass is 32.1. The number of rotatable bonds is 5. The molecule has 22 heavy (non-hydrogen) atoms. The van der Waals surface area contributed by atoms with Crippen molar-refractivity contribution in [2.75, 3.05) is 55.3 Å². The number of piperazine rings is 1. The molecule has 0 atom stereocenters. The highest BCUT2D eigenvalue weighted by Crippen LogP contribution is 2.24. The molecule has 2 heterocycles. The van der Waals surface area contributed by atoms with Crippen molar-refractivity contribution >= 4 is 33.7 Å². The summed E-state index contributed by atoms with van der Waals surface area (Å²) >= 11 is 1.50. The molecule has 1 fully saturated rings. The molecule has 0 saturated carbocycles. The predicted octanol–water partition coefficient (Wildman–Crippen LogP) is 1.58. The normalized spacial score (nSPS) is 16.0. The number of nitrogens with one attached hydrogen (secondary N) is 1. The van der Waals surface area contributed by atoms with Crippen molar-refractivity contribution in [3.63, 3.8) is 0 Å². The largest absolute Gasteiger partial charge is 0.395 e. The quantitative estimate of drug-likeness (QED) is 0.777. The standard InChI is InChI=1S/C15H21N5OS/c16-14-11-22-15(18-14)17-12-1-3-13(4-2-12)20-7-5-19(6-8-20)9-10-21/h1-4,11,21H,5-10,16H2,(H,17,18). The Balaban J connectivity index is 1.57. The minimum atomic E-state index is 0.238. The minimum Gasteiger partial charge on any atom is -0.395 e. The number of anilines is 4. The van der Waals surface area contributed by atoms with Gasteiger partial charge in [0, 0.05) is 49.5 Å². The molecule has 3 rings (SSSR count). The Morgan fingerprint density at radius 1 is 1.18 bits per heavy atom. The van der Waals surface area contributed by atoms with Crippen molar-refractivity contribution < 1.29 is 5.11 Å². The molecule has 0 spiro atoms. The van der Waals surface area contributed by atoms with Gasteiger partial charge in [0.05, 0.1) is 6.61 Å². The molecule has 0 aliphatic carbocycles. The minimum absolute atomic E-state index is 0.238. The second-order valence-electron chi connectivity index (χ2n) is 5.30. The van der Waals surface area contributed by atoms with E-state index in [9.17, 15) is 0 Å². The lowest BCUT2D eigenvalue weighted by atomic mass is 10.2. The second-order valence-corrected chi connectivity index (χ2v) is 6.16. The molecule has 1 aromatic carbocycles. The number of hydrogen-bond donors (Lipinski definition) is 3. The van der Waals surface area contributed by atoms with Gasteiger partial charge in [0.25, 0.3) is 0 Å². The SMILES string of the molecule is Nc1csc(Nc2ccc(N3CCN(CCO)CC3)cc2)n1. The number of nitrogen functional groups attached to an aromatic ring is 1. The first-order valence-electron chi connectivity index (χ1n) is 7.41. The number of aliphatic hydroxyl groups is 1. The Morgan fingerprint density at radius 2 is 1.91 bits per heavy atom. The van der Waals surface area contributed by atoms with Crippen LogP contribution in [-0.4, -0.2) is 54.3 Å². The van der Waals surface area contributed by atoms with Crippen LogP contribution in [0.1, 0.15) is 0 Å². The van der Waals surface area contributed by atoms with Crippen LogP contribution in [0, 0.1) is 0 Å². The first-order valence-corrected chi connectivity index (χ1v) is 8.29. The summed E-state index contributed by atoms with van der Waals surface area (Å²) < 4.78 is 0. The molecule has 1 aliphatic rings. The number of nitrogens with two attached hydrogens (primary N) is 1. The maximum atomic E-state index is 8.98. The molecule has 1 aromatic heterocycles. The molecular formula is C15H21N5OS. The zero-order valence-corrected chi connectivity index (χ0v) is 13.2. The van der Waals surface area contributed by atoms with Crippen molar-refractivity contribution in [2.24, 2.45) is 0 Å². The molecule has 1 aliphatic heterocycles. The smallest absolute Gasteiger partial charge is 0.189 e. The molecule has 118 valence electrons. The van der Waals surface area contributed by atoms with Crippen molar-refractivity contribution in [3.05, 3.63) is 29.6 Å². The third-order valence-electron chi connectivity index (χ3n) is 3.79. The van der Waals surface area contributed by atoms with Crippen LogP contribution in [-0.2, 0) is 0 Å². The second kappa shape index (κ2) is 6.95. The van der Waals surface area contributed by atoms with Gasteiger partial charge in [0.15, 0.2) is 5.13 Å². The van der Waals surface area contributed by atoms with E-state index in [1.807, 2.05) is 5.38 Å². The Hall–Kier alpha value is -1.83. The van der Waals surface area contributed by atoms with Crippen molar-refractivity contribution in [3.8, 4) is 0 Å². The fourth-order valence-corrected chi connectivity index (χ4v) is 3.21. The van der Waals surface area contributed by atoms with Gasteiger partial charge in [-0.1, -0.05) is 0 Å². The van der Waals surface area contributed by atoms with E-state index in [0.717, 1.165) is 43.5 Å². The lowest BCUT2D eigenvalue weighted by Gasteiger charge is -2.35. The summed E-state index contributed by atoms with van der Waals surface area (Å²) in [6, 6.07) is 8.38. The van der Waals surface area contributed by atoms with Crippen LogP contribution in [0.15, 0.2) is 29.6 Å². The van der Waals surface area contributed by atoms with Gasteiger partial charge in [-0.2, -0.15) is 0 Å². The molecule has 7 heteroatoms. The van der Waals surface area contributed by atoms with Crippen LogP contribution in [0.5, 0.6) is 0 Å². The highest BCUT2D eigenvalue weighted by molar-refractivity contribution is 7.14. The number of thiazole rings is 1. The maximum Gasteiger partial charge on any atom is 0.189 e. The number of nitrogens with zero attached hydrogens (tertiary/aromatic N) is 3. The van der Waals surface area contributed by atoms with E-state index in [1.165, 1.54) is 17.0 Å². The highest BCUT2D eigenvalue weighted by Gasteiger charge is 2.16. The van der Waals surface area contributed by atoms with Gasteiger partial charge in [-0.25, -0.2) is 4.98 Å². The summed E-state index contributed by atoms with van der Waals surface area (Å²) in [6.45, 7) is 5.00. The van der Waals surface area contributed by atoms with Gasteiger partial charge < -0.3 is 21.1 Å². The monoisotopic (exact) mass is 319 g/mol. The van der Waals surface area contributed by atoms with E-state index in [-0.39, 0.29) is 6.61 Å². The predicted molar refractivity (Wildman–Crippen MR) is 92.0 cm³/mol. The van der Waals surface area contributed by atoms with Crippen LogP contribution in [0.4, 0.5) is 22.3 Å². The van der Waals surface area contributed by atoms with Gasteiger partial charge in [0.1, 0.15) is 5.82 Å². The molecule has 0 unspecified atom stereocenters. The molecule has 2 aromatic rings. The third-order valence-corrected chi connectivity index (χ3v) is 4.57. The van der Waals surface area contributed by atoms with Crippen LogP contribution < -0.4 is 16.0 Å². The van der Waals surface area contributed by atoms with Crippen LogP contribution >= 0.6 is 11.3 Å². The third kappa shape index (κ3) is 3.68. The Labute approximate surface area is 134 Å². The van der Waals surface area contributed by atoms with Gasteiger partial charge in [-0.15, -0.1) is 11.3 Å². The topological polar surface area (TPSA) is 77.7 Å². The summed E-state index contributed by atoms with van der Waals surface area (Å²) in [4.78, 5) is 8.86. The summed E-state index contributed by atoms with van der Waals surface area (Å²) in [5.41, 5.74) is 7.86. The Morgan fingerprint density at radius 3 is 2.50 bits per heavy atom. The van der Waals surface area contributed by atoms with Gasteiger partial charge in [0.2, 0.25) is 0 Å². The molecule has 6 nitrogen and oxygen atoms in total. The van der Waals surface area contributed by atoms with E-state index >= 15 is 0 Å². The van der Waals surface area contributed by atoms with E-state index in [0.29, 0.717) is 5.82 Å². The van der Waals surface area contributed by atoms with Crippen molar-refractivity contribution in [1.29, 1.82) is 0 Å². The summed E-state index contributed by atoms with van der Waals surface area (Å²) in [6.07, 6.45) is 0. The number of aromatic nitrogens is 1. The van der Waals surface area contributed by atoms with Gasteiger partial charge in [-0.05, 0) is 24.3 Å². The maximum absolute atomic E-state index is 8.98. The van der Waals surface area contributed by atoms with E-state index in [1.54, 1.807) is 0 Å². The molecule has 0 amide bonds. The zero-order valence-electron chi connectivity index (χ0n) is 12.4. The van der Waals surface area contributed by atoms with Crippen LogP contribution in [0.3, 0.4) is 0 Å². The fourth-order valence-electron chi connectivity index (χ4n) is 2.59. The first-order chi connectivity index (χ1) is 10.7. The van der Waals surface area contributed by atoms with Crippen molar-refractivity contribution in [1.82, 2.24) is 9.88 Å². The Kier molecular flexibility index (Phi) is 4.77. The number of benzene rings is 1. The number of β-amino-alcohol motifs (C(OH)–C–C–N with tert-alkyl or cyclic N) is 1. The number of hydrogen-bond acceptors (Lipinski definition) is 7. The summed E-state index contributed by atoms with van der Waals surface area (Å²) in [5.74, 6) is 0.546. The average molecular weight is 319 g/mol. The lowest BCUT2D eigenvalue weighted by molar-refractivity contribution is 0.189. The van der Waals surface area contributed by atoms with Crippen molar-refractivity contribution in [2.45, 2.75) is 0 Å². The van der Waals surface area contributed by atoms with Crippen LogP contribution in [0.2, 0.25) is 0 Å². The average Bonchev–Trinajstić information content (AvgIpc) is 2.94. The molecular weight excluding hydrogens is 298 g/mol. The molecule has 0 bridgehead atoms. The Bertz CT molecular complexity index is 592. The molecule has 0 radical (unpaired) electrons. The van der Waals surface area contributed by atoms with Gasteiger partial charge in [-0.3, -0.25) is 4.90 Å². The first kappa shape index (κ1) is 15.1. The van der Waals surface area contributed by atoms with E-state index in [4.69, 9.17) is 10.8 Å². The van der Waals surface area contributed by atoms with E-state index in [2.05, 4.69) is 44.4 Å². The number of aliphatic hydroxyl groups excluding tert-OH is 1. The lowest BCUT2D eigenvalue weighted by Crippen LogP contribution is -2.47. The fraction of sp³-hybridized carbons (Fsp3) is 0.400. The van der Waals surface area contributed by atoms with Crippen LogP contribution in [0.25, 0.3) is 0 Å².